The van der Waals surface area contributed by atoms with Crippen LogP contribution in [0.4, 0.5) is 5.69 Å². The number of aliphatic imine (C=N–C) groups is 1. The highest BCUT2D eigenvalue weighted by atomic mass is 35.5. The third kappa shape index (κ3) is 4.74. The third-order valence-corrected chi connectivity index (χ3v) is 6.08. The Morgan fingerprint density at radius 1 is 1.19 bits per heavy atom. The van der Waals surface area contributed by atoms with Crippen molar-refractivity contribution in [3.63, 3.8) is 0 Å². The molecule has 0 aliphatic carbocycles. The first-order valence-corrected chi connectivity index (χ1v) is 10.7. The summed E-state index contributed by atoms with van der Waals surface area (Å²) in [6.45, 7) is 5.80. The van der Waals surface area contributed by atoms with Crippen molar-refractivity contribution >= 4 is 41.7 Å². The number of fused-ring (bicyclic) bond motifs is 1. The zero-order chi connectivity index (χ0) is 20.5. The number of hydrogen-bond acceptors (Lipinski definition) is 5. The largest absolute Gasteiger partial charge is 0.379 e. The van der Waals surface area contributed by atoms with Crippen molar-refractivity contribution in [2.45, 2.75) is 19.4 Å². The summed E-state index contributed by atoms with van der Waals surface area (Å²) in [5.41, 5.74) is 4.20. The first-order valence-electron chi connectivity index (χ1n) is 10.7. The van der Waals surface area contributed by atoms with Gasteiger partial charge >= 0.3 is 0 Å². The van der Waals surface area contributed by atoms with E-state index in [-0.39, 0.29) is 30.1 Å². The molecule has 0 spiro atoms. The number of allylic oxidation sites excluding steroid dienone is 1. The van der Waals surface area contributed by atoms with Gasteiger partial charge in [0.05, 0.1) is 24.5 Å². The number of halogens is 1. The lowest BCUT2D eigenvalue weighted by Crippen LogP contribution is -2.39. The number of nitrogens with zero attached hydrogens (tertiary/aromatic N) is 3. The molecule has 5 rings (SSSR count). The lowest BCUT2D eigenvalue weighted by Gasteiger charge is -2.27. The van der Waals surface area contributed by atoms with Gasteiger partial charge in [0.2, 0.25) is 5.91 Å². The normalized spacial score (nSPS) is 24.4. The molecule has 1 atom stereocenters. The van der Waals surface area contributed by atoms with Crippen molar-refractivity contribution in [2.24, 2.45) is 10.9 Å². The Morgan fingerprint density at radius 3 is 2.81 bits per heavy atom. The SMILES string of the molecule is Cl.O=C1Nc2ccc(CN3CCCC3=O)cc2/C1=C/C1=CC(CN2CCOCC2)C=N1. The molecule has 0 saturated carbocycles. The highest BCUT2D eigenvalue weighted by Gasteiger charge is 2.27. The molecule has 0 aromatic heterocycles. The Balaban J connectivity index is 0.00000231. The molecule has 4 aliphatic rings. The van der Waals surface area contributed by atoms with Crippen LogP contribution in [0.3, 0.4) is 0 Å². The number of benzene rings is 1. The van der Waals surface area contributed by atoms with Gasteiger partial charge in [-0.1, -0.05) is 6.07 Å². The van der Waals surface area contributed by atoms with E-state index >= 15 is 0 Å². The monoisotopic (exact) mass is 442 g/mol. The van der Waals surface area contributed by atoms with Crippen molar-refractivity contribution in [1.82, 2.24) is 9.80 Å². The average Bonchev–Trinajstić information content (AvgIpc) is 3.44. The fourth-order valence-electron chi connectivity index (χ4n) is 4.47. The number of anilines is 1. The van der Waals surface area contributed by atoms with E-state index in [1.165, 1.54) is 0 Å². The van der Waals surface area contributed by atoms with Crippen LogP contribution in [0.2, 0.25) is 0 Å². The average molecular weight is 443 g/mol. The van der Waals surface area contributed by atoms with Crippen LogP contribution in [0.15, 0.2) is 41.0 Å². The van der Waals surface area contributed by atoms with Gasteiger partial charge in [-0.2, -0.15) is 0 Å². The molecule has 0 bridgehead atoms. The molecular weight excluding hydrogens is 416 g/mol. The van der Waals surface area contributed by atoms with Crippen molar-refractivity contribution in [2.75, 3.05) is 44.7 Å². The zero-order valence-corrected chi connectivity index (χ0v) is 18.2. The van der Waals surface area contributed by atoms with Gasteiger partial charge in [0, 0.05) is 62.5 Å². The summed E-state index contributed by atoms with van der Waals surface area (Å²) in [6.07, 6.45) is 7.52. The lowest BCUT2D eigenvalue weighted by molar-refractivity contribution is -0.128. The molecule has 1 aromatic rings. The summed E-state index contributed by atoms with van der Waals surface area (Å²) in [5, 5.41) is 2.94. The Kier molecular flexibility index (Phi) is 6.55. The van der Waals surface area contributed by atoms with Crippen LogP contribution in [0, 0.1) is 5.92 Å². The van der Waals surface area contributed by atoms with Gasteiger partial charge in [-0.05, 0) is 36.3 Å². The van der Waals surface area contributed by atoms with Crippen LogP contribution in [0.5, 0.6) is 0 Å². The minimum absolute atomic E-state index is 0. The molecule has 2 amide bonds. The Hall–Kier alpha value is -2.48. The lowest BCUT2D eigenvalue weighted by atomic mass is 10.0. The number of amides is 2. The molecule has 2 fully saturated rings. The molecule has 4 aliphatic heterocycles. The van der Waals surface area contributed by atoms with Gasteiger partial charge in [0.25, 0.3) is 5.91 Å². The fraction of sp³-hybridized carbons (Fsp3) is 0.435. The molecular formula is C23H27ClN4O3. The van der Waals surface area contributed by atoms with Crippen LogP contribution >= 0.6 is 12.4 Å². The van der Waals surface area contributed by atoms with E-state index in [0.29, 0.717) is 18.5 Å². The number of rotatable bonds is 5. The Labute approximate surface area is 188 Å². The summed E-state index contributed by atoms with van der Waals surface area (Å²) in [4.78, 5) is 33.3. The molecule has 4 heterocycles. The summed E-state index contributed by atoms with van der Waals surface area (Å²) in [7, 11) is 0. The van der Waals surface area contributed by atoms with E-state index in [0.717, 1.165) is 68.3 Å². The summed E-state index contributed by atoms with van der Waals surface area (Å²) in [6, 6.07) is 5.94. The molecule has 31 heavy (non-hydrogen) atoms. The standard InChI is InChI=1S/C23H26N4O3.ClH/c28-22-2-1-5-27(22)15-16-3-4-21-19(11-16)20(23(29)25-21)12-18-10-17(13-24-18)14-26-6-8-30-9-7-26;/h3-4,10-13,17H,1-2,5-9,14-15H2,(H,25,29);1H/b20-12-;. The van der Waals surface area contributed by atoms with Gasteiger partial charge < -0.3 is 15.0 Å². The number of ether oxygens (including phenoxy) is 1. The van der Waals surface area contributed by atoms with Crippen LogP contribution < -0.4 is 5.32 Å². The highest BCUT2D eigenvalue weighted by Crippen LogP contribution is 2.34. The van der Waals surface area contributed by atoms with Gasteiger partial charge in [0.1, 0.15) is 0 Å². The molecule has 8 heteroatoms. The first-order chi connectivity index (χ1) is 14.7. The Morgan fingerprint density at radius 2 is 2.03 bits per heavy atom. The van der Waals surface area contributed by atoms with Crippen molar-refractivity contribution < 1.29 is 14.3 Å². The number of carbonyl (C=O) groups is 2. The molecule has 7 nitrogen and oxygen atoms in total. The number of hydrogen-bond donors (Lipinski definition) is 1. The highest BCUT2D eigenvalue weighted by molar-refractivity contribution is 6.32. The summed E-state index contributed by atoms with van der Waals surface area (Å²) in [5.74, 6) is 0.357. The minimum Gasteiger partial charge on any atom is -0.379 e. The fourth-order valence-corrected chi connectivity index (χ4v) is 4.47. The second-order valence-corrected chi connectivity index (χ2v) is 8.26. The minimum atomic E-state index is -0.105. The molecule has 1 aromatic carbocycles. The smallest absolute Gasteiger partial charge is 0.256 e. The number of nitrogens with one attached hydrogen (secondary N) is 1. The topological polar surface area (TPSA) is 74.2 Å². The maximum absolute atomic E-state index is 12.6. The maximum atomic E-state index is 12.6. The molecule has 164 valence electrons. The van der Waals surface area contributed by atoms with Crippen molar-refractivity contribution in [1.29, 1.82) is 0 Å². The summed E-state index contributed by atoms with van der Waals surface area (Å²) >= 11 is 0. The molecule has 2 saturated heterocycles. The zero-order valence-electron chi connectivity index (χ0n) is 17.4. The van der Waals surface area contributed by atoms with Gasteiger partial charge in [0.15, 0.2) is 0 Å². The predicted molar refractivity (Wildman–Crippen MR) is 122 cm³/mol. The van der Waals surface area contributed by atoms with Gasteiger partial charge in [-0.15, -0.1) is 12.4 Å². The van der Waals surface area contributed by atoms with E-state index < -0.39 is 0 Å². The molecule has 0 radical (unpaired) electrons. The van der Waals surface area contributed by atoms with E-state index in [2.05, 4.69) is 21.3 Å². The second-order valence-electron chi connectivity index (χ2n) is 8.26. The van der Waals surface area contributed by atoms with Gasteiger partial charge in [-0.3, -0.25) is 19.5 Å². The van der Waals surface area contributed by atoms with Gasteiger partial charge in [-0.25, -0.2) is 0 Å². The number of morpholine rings is 1. The predicted octanol–water partition coefficient (Wildman–Crippen LogP) is 2.48. The van der Waals surface area contributed by atoms with E-state index in [1.54, 1.807) is 0 Å². The van der Waals surface area contributed by atoms with E-state index in [9.17, 15) is 9.59 Å². The van der Waals surface area contributed by atoms with Crippen LogP contribution in [0.25, 0.3) is 5.57 Å². The number of carbonyl (C=O) groups excluding carboxylic acids is 2. The van der Waals surface area contributed by atoms with Crippen molar-refractivity contribution in [3.8, 4) is 0 Å². The second kappa shape index (κ2) is 9.34. The number of likely N-dealkylation sites (tertiary alicyclic amines) is 1. The van der Waals surface area contributed by atoms with Crippen LogP contribution in [0.1, 0.15) is 24.0 Å². The maximum Gasteiger partial charge on any atom is 0.256 e. The van der Waals surface area contributed by atoms with Crippen LogP contribution in [-0.2, 0) is 20.9 Å². The molecule has 1 N–H and O–H groups in total. The first kappa shape index (κ1) is 21.7. The van der Waals surface area contributed by atoms with Crippen molar-refractivity contribution in [3.05, 3.63) is 47.2 Å². The van der Waals surface area contributed by atoms with Crippen LogP contribution in [-0.4, -0.2) is 67.2 Å². The van der Waals surface area contributed by atoms with E-state index in [4.69, 9.17) is 4.74 Å². The Bertz CT molecular complexity index is 966. The van der Waals surface area contributed by atoms with E-state index in [1.807, 2.05) is 35.4 Å². The summed E-state index contributed by atoms with van der Waals surface area (Å²) < 4.78 is 5.41. The molecule has 1 unspecified atom stereocenters. The quantitative estimate of drug-likeness (QED) is 0.711. The third-order valence-electron chi connectivity index (χ3n) is 6.08.